The van der Waals surface area contributed by atoms with Crippen LogP contribution in [0.25, 0.3) is 0 Å². The Morgan fingerprint density at radius 2 is 2.16 bits per heavy atom. The van der Waals surface area contributed by atoms with Crippen molar-refractivity contribution in [1.29, 1.82) is 0 Å². The molecule has 0 bridgehead atoms. The molecule has 1 unspecified atom stereocenters. The Morgan fingerprint density at radius 3 is 2.74 bits per heavy atom. The number of carbonyl (C=O) groups is 2. The van der Waals surface area contributed by atoms with Crippen LogP contribution in [-0.4, -0.2) is 30.8 Å². The first-order valence-corrected chi connectivity index (χ1v) is 6.34. The van der Waals surface area contributed by atoms with Crippen molar-refractivity contribution in [3.8, 4) is 5.75 Å². The predicted molar refractivity (Wildman–Crippen MR) is 74.5 cm³/mol. The van der Waals surface area contributed by atoms with Crippen molar-refractivity contribution in [2.24, 2.45) is 5.92 Å². The summed E-state index contributed by atoms with van der Waals surface area (Å²) in [6, 6.07) is 4.71. The molecule has 0 aliphatic heterocycles. The molecule has 1 aromatic carbocycles. The van der Waals surface area contributed by atoms with Crippen molar-refractivity contribution in [1.82, 2.24) is 5.32 Å². The largest absolute Gasteiger partial charge is 0.495 e. The van der Waals surface area contributed by atoms with E-state index in [0.717, 1.165) is 4.47 Å². The van der Waals surface area contributed by atoms with E-state index in [1.54, 1.807) is 18.2 Å². The summed E-state index contributed by atoms with van der Waals surface area (Å²) in [5.41, 5.74) is 0.498. The Kier molecular flexibility index (Phi) is 5.62. The molecule has 1 atom stereocenters. The van der Waals surface area contributed by atoms with E-state index in [-0.39, 0.29) is 6.54 Å². The van der Waals surface area contributed by atoms with E-state index in [0.29, 0.717) is 11.4 Å². The molecule has 0 aromatic heterocycles. The molecule has 3 N–H and O–H groups in total. The third-order valence-corrected chi connectivity index (χ3v) is 2.89. The van der Waals surface area contributed by atoms with Gasteiger partial charge in [0, 0.05) is 11.0 Å². The lowest BCUT2D eigenvalue weighted by Gasteiger charge is -2.12. The molecule has 0 saturated carbocycles. The van der Waals surface area contributed by atoms with E-state index in [4.69, 9.17) is 9.84 Å². The molecule has 1 rings (SSSR count). The molecule has 1 aromatic rings. The van der Waals surface area contributed by atoms with Gasteiger partial charge in [-0.3, -0.25) is 4.79 Å². The highest BCUT2D eigenvalue weighted by molar-refractivity contribution is 9.10. The number of carboxylic acids is 1. The summed E-state index contributed by atoms with van der Waals surface area (Å²) in [7, 11) is 1.50. The first-order chi connectivity index (χ1) is 8.93. The lowest BCUT2D eigenvalue weighted by molar-refractivity contribution is -0.140. The molecule has 6 nitrogen and oxygen atoms in total. The number of hydrogen-bond acceptors (Lipinski definition) is 3. The predicted octanol–water partition coefficient (Wildman–Crippen LogP) is 2.30. The molecule has 0 aliphatic rings. The number of amides is 2. The van der Waals surface area contributed by atoms with Gasteiger partial charge in [0.15, 0.2) is 0 Å². The summed E-state index contributed by atoms with van der Waals surface area (Å²) < 4.78 is 5.90. The van der Waals surface area contributed by atoms with Gasteiger partial charge in [-0.05, 0) is 18.2 Å². The standard InChI is InChI=1S/C12H15BrN2O4/c1-7(11(16)17)6-14-12(18)15-9-5-8(13)3-4-10(9)19-2/h3-5,7H,6H2,1-2H3,(H,16,17)(H2,14,15,18). The number of hydrogen-bond donors (Lipinski definition) is 3. The Balaban J connectivity index is 2.62. The van der Waals surface area contributed by atoms with Crippen LogP contribution in [0.2, 0.25) is 0 Å². The SMILES string of the molecule is COc1ccc(Br)cc1NC(=O)NCC(C)C(=O)O. The van der Waals surface area contributed by atoms with E-state index in [1.165, 1.54) is 14.0 Å². The van der Waals surface area contributed by atoms with Crippen LogP contribution in [-0.2, 0) is 4.79 Å². The normalized spacial score (nSPS) is 11.5. The van der Waals surface area contributed by atoms with Crippen LogP contribution < -0.4 is 15.4 Å². The highest BCUT2D eigenvalue weighted by atomic mass is 79.9. The fourth-order valence-corrected chi connectivity index (χ4v) is 1.64. The minimum atomic E-state index is -0.958. The molecular weight excluding hydrogens is 316 g/mol. The second-order valence-electron chi connectivity index (χ2n) is 3.92. The maximum atomic E-state index is 11.6. The lowest BCUT2D eigenvalue weighted by Crippen LogP contribution is -2.34. The fraction of sp³-hybridized carbons (Fsp3) is 0.333. The molecular formula is C12H15BrN2O4. The minimum absolute atomic E-state index is 0.0531. The van der Waals surface area contributed by atoms with E-state index >= 15 is 0 Å². The van der Waals surface area contributed by atoms with Gasteiger partial charge in [-0.15, -0.1) is 0 Å². The van der Waals surface area contributed by atoms with Crippen molar-refractivity contribution in [2.45, 2.75) is 6.92 Å². The van der Waals surface area contributed by atoms with Gasteiger partial charge in [0.1, 0.15) is 5.75 Å². The third-order valence-electron chi connectivity index (χ3n) is 2.40. The molecule has 0 saturated heterocycles. The average Bonchev–Trinajstić information content (AvgIpc) is 2.36. The van der Waals surface area contributed by atoms with E-state index in [2.05, 4.69) is 26.6 Å². The molecule has 2 amide bonds. The van der Waals surface area contributed by atoms with Crippen molar-refractivity contribution in [2.75, 3.05) is 19.0 Å². The molecule has 7 heteroatoms. The van der Waals surface area contributed by atoms with Crippen LogP contribution in [0.1, 0.15) is 6.92 Å². The zero-order valence-corrected chi connectivity index (χ0v) is 12.2. The molecule has 0 heterocycles. The van der Waals surface area contributed by atoms with Gasteiger partial charge in [-0.2, -0.15) is 0 Å². The Hall–Kier alpha value is -1.76. The van der Waals surface area contributed by atoms with Crippen molar-refractivity contribution in [3.63, 3.8) is 0 Å². The van der Waals surface area contributed by atoms with Crippen LogP contribution in [0.3, 0.4) is 0 Å². The van der Waals surface area contributed by atoms with E-state index in [1.807, 2.05) is 0 Å². The maximum absolute atomic E-state index is 11.6. The quantitative estimate of drug-likeness (QED) is 0.773. The number of methoxy groups -OCH3 is 1. The van der Waals surface area contributed by atoms with E-state index < -0.39 is 17.9 Å². The van der Waals surface area contributed by atoms with Crippen molar-refractivity contribution < 1.29 is 19.4 Å². The minimum Gasteiger partial charge on any atom is -0.495 e. The number of rotatable bonds is 5. The lowest BCUT2D eigenvalue weighted by atomic mass is 10.2. The Bertz CT molecular complexity index is 479. The molecule has 0 aliphatic carbocycles. The topological polar surface area (TPSA) is 87.7 Å². The number of benzene rings is 1. The number of carbonyl (C=O) groups excluding carboxylic acids is 1. The Labute approximate surface area is 119 Å². The number of anilines is 1. The first kappa shape index (κ1) is 15.3. The average molecular weight is 331 g/mol. The zero-order valence-electron chi connectivity index (χ0n) is 10.6. The van der Waals surface area contributed by atoms with Gasteiger partial charge in [0.2, 0.25) is 0 Å². The number of urea groups is 1. The smallest absolute Gasteiger partial charge is 0.319 e. The van der Waals surface area contributed by atoms with Crippen molar-refractivity contribution in [3.05, 3.63) is 22.7 Å². The van der Waals surface area contributed by atoms with E-state index in [9.17, 15) is 9.59 Å². The second kappa shape index (κ2) is 6.98. The van der Waals surface area contributed by atoms with Crippen LogP contribution >= 0.6 is 15.9 Å². The van der Waals surface area contributed by atoms with Gasteiger partial charge in [-0.1, -0.05) is 22.9 Å². The van der Waals surface area contributed by atoms with Gasteiger partial charge < -0.3 is 20.5 Å². The van der Waals surface area contributed by atoms with Crippen molar-refractivity contribution >= 4 is 33.6 Å². The second-order valence-corrected chi connectivity index (χ2v) is 4.83. The highest BCUT2D eigenvalue weighted by Gasteiger charge is 2.13. The summed E-state index contributed by atoms with van der Waals surface area (Å²) in [5.74, 6) is -1.08. The number of carboxylic acid groups (broad SMARTS) is 1. The number of aliphatic carboxylic acids is 1. The van der Waals surface area contributed by atoms with Gasteiger partial charge >= 0.3 is 12.0 Å². The first-order valence-electron chi connectivity index (χ1n) is 5.55. The molecule has 0 fully saturated rings. The van der Waals surface area contributed by atoms with Crippen LogP contribution in [0.4, 0.5) is 10.5 Å². The molecule has 104 valence electrons. The summed E-state index contributed by atoms with van der Waals surface area (Å²) in [4.78, 5) is 22.3. The van der Waals surface area contributed by atoms with Gasteiger partial charge in [0.05, 0.1) is 18.7 Å². The number of nitrogens with one attached hydrogen (secondary N) is 2. The monoisotopic (exact) mass is 330 g/mol. The number of halogens is 1. The maximum Gasteiger partial charge on any atom is 0.319 e. The molecule has 19 heavy (non-hydrogen) atoms. The van der Waals surface area contributed by atoms with Crippen LogP contribution in [0.15, 0.2) is 22.7 Å². The summed E-state index contributed by atoms with van der Waals surface area (Å²) >= 11 is 3.29. The summed E-state index contributed by atoms with van der Waals surface area (Å²) in [6.07, 6.45) is 0. The molecule has 0 spiro atoms. The zero-order chi connectivity index (χ0) is 14.4. The highest BCUT2D eigenvalue weighted by Crippen LogP contribution is 2.27. The molecule has 0 radical (unpaired) electrons. The van der Waals surface area contributed by atoms with Gasteiger partial charge in [-0.25, -0.2) is 4.79 Å². The van der Waals surface area contributed by atoms with Crippen LogP contribution in [0.5, 0.6) is 5.75 Å². The number of ether oxygens (including phenoxy) is 1. The van der Waals surface area contributed by atoms with Gasteiger partial charge in [0.25, 0.3) is 0 Å². The summed E-state index contributed by atoms with van der Waals surface area (Å²) in [6.45, 7) is 1.57. The fourth-order valence-electron chi connectivity index (χ4n) is 1.28. The summed E-state index contributed by atoms with van der Waals surface area (Å²) in [5, 5.41) is 13.8. The third kappa shape index (κ3) is 4.78. The van der Waals surface area contributed by atoms with Crippen LogP contribution in [0, 0.1) is 5.92 Å². The Morgan fingerprint density at radius 1 is 1.47 bits per heavy atom.